The third kappa shape index (κ3) is 4.36. The first-order valence-corrected chi connectivity index (χ1v) is 8.74. The topological polar surface area (TPSA) is 46.2 Å². The second kappa shape index (κ2) is 5.87. The van der Waals surface area contributed by atoms with E-state index in [2.05, 4.69) is 5.32 Å². The lowest BCUT2D eigenvalue weighted by molar-refractivity contribution is -0.137. The molecule has 2 rings (SSSR count). The molecule has 0 bridgehead atoms. The number of halogens is 3. The summed E-state index contributed by atoms with van der Waals surface area (Å²) in [5.74, 6) is 0. The Labute approximate surface area is 122 Å². The smallest absolute Gasteiger partial charge is 0.382 e. The van der Waals surface area contributed by atoms with Gasteiger partial charge in [-0.3, -0.25) is 0 Å². The minimum absolute atomic E-state index is 0.0183. The van der Waals surface area contributed by atoms with E-state index >= 15 is 0 Å². The summed E-state index contributed by atoms with van der Waals surface area (Å²) in [6, 6.07) is 4.80. The monoisotopic (exact) mass is 321 g/mol. The summed E-state index contributed by atoms with van der Waals surface area (Å²) in [5, 5.41) is 2.77. The van der Waals surface area contributed by atoms with Crippen LogP contribution in [-0.2, 0) is 16.0 Å². The number of rotatable bonds is 3. The highest BCUT2D eigenvalue weighted by atomic mass is 32.2. The fourth-order valence-corrected chi connectivity index (χ4v) is 3.83. The van der Waals surface area contributed by atoms with Crippen LogP contribution in [0.3, 0.4) is 0 Å². The van der Waals surface area contributed by atoms with Crippen LogP contribution in [0.25, 0.3) is 0 Å². The van der Waals surface area contributed by atoms with Gasteiger partial charge in [-0.15, -0.1) is 0 Å². The molecule has 21 heavy (non-hydrogen) atoms. The van der Waals surface area contributed by atoms with Crippen LogP contribution in [0.15, 0.2) is 24.3 Å². The molecule has 1 aliphatic rings. The summed E-state index contributed by atoms with van der Waals surface area (Å²) in [5.41, 5.74) is -0.104. The van der Waals surface area contributed by atoms with Gasteiger partial charge in [0.15, 0.2) is 0 Å². The van der Waals surface area contributed by atoms with Crippen molar-refractivity contribution in [1.29, 1.82) is 0 Å². The molecule has 0 spiro atoms. The Morgan fingerprint density at radius 3 is 2.29 bits per heavy atom. The number of benzene rings is 1. The molecule has 0 amide bonds. The molecule has 1 fully saturated rings. The zero-order valence-electron chi connectivity index (χ0n) is 11.7. The molecular weight excluding hydrogens is 303 g/mol. The first-order chi connectivity index (χ1) is 9.66. The van der Waals surface area contributed by atoms with E-state index < -0.39 is 21.6 Å². The van der Waals surface area contributed by atoms with Crippen LogP contribution in [0.2, 0.25) is 0 Å². The second-order valence-corrected chi connectivity index (χ2v) is 7.86. The van der Waals surface area contributed by atoms with Crippen molar-refractivity contribution in [2.75, 3.05) is 11.6 Å². The molecule has 1 aromatic rings. The van der Waals surface area contributed by atoms with Crippen LogP contribution >= 0.6 is 0 Å². The molecule has 2 atom stereocenters. The summed E-state index contributed by atoms with van der Waals surface area (Å²) in [6.07, 6.45) is -0.324. The van der Waals surface area contributed by atoms with E-state index in [4.69, 9.17) is 0 Å². The number of anilines is 1. The van der Waals surface area contributed by atoms with Crippen LogP contribution in [0, 0.1) is 0 Å². The fraction of sp³-hybridized carbons (Fsp3) is 0.571. The van der Waals surface area contributed by atoms with Gasteiger partial charge in [0.1, 0.15) is 9.84 Å². The number of nitrogens with one attached hydrogen (secondary N) is 1. The maximum Gasteiger partial charge on any atom is 0.416 e. The van der Waals surface area contributed by atoms with Crippen molar-refractivity contribution in [3.8, 4) is 0 Å². The molecule has 0 aromatic heterocycles. The van der Waals surface area contributed by atoms with E-state index in [9.17, 15) is 21.6 Å². The maximum absolute atomic E-state index is 12.5. The molecule has 1 N–H and O–H groups in total. The predicted molar refractivity (Wildman–Crippen MR) is 76.0 cm³/mol. The first kappa shape index (κ1) is 16.1. The molecule has 0 radical (unpaired) electrons. The van der Waals surface area contributed by atoms with Crippen molar-refractivity contribution in [3.63, 3.8) is 0 Å². The lowest BCUT2D eigenvalue weighted by Gasteiger charge is -2.29. The number of hydrogen-bond donors (Lipinski definition) is 1. The Morgan fingerprint density at radius 1 is 1.14 bits per heavy atom. The van der Waals surface area contributed by atoms with Gasteiger partial charge in [0, 0.05) is 18.0 Å². The largest absolute Gasteiger partial charge is 0.416 e. The van der Waals surface area contributed by atoms with Gasteiger partial charge in [-0.1, -0.05) is 6.42 Å². The van der Waals surface area contributed by atoms with Crippen LogP contribution in [-0.4, -0.2) is 26.0 Å². The van der Waals surface area contributed by atoms with Crippen molar-refractivity contribution >= 4 is 15.5 Å². The Balaban J connectivity index is 2.01. The minimum Gasteiger partial charge on any atom is -0.382 e. The Hall–Kier alpha value is -1.24. The van der Waals surface area contributed by atoms with Gasteiger partial charge in [-0.25, -0.2) is 8.42 Å². The maximum atomic E-state index is 12.5. The molecule has 0 heterocycles. The van der Waals surface area contributed by atoms with Crippen molar-refractivity contribution in [2.45, 2.75) is 43.2 Å². The van der Waals surface area contributed by atoms with E-state index in [0.29, 0.717) is 18.5 Å². The van der Waals surface area contributed by atoms with Crippen LogP contribution in [0.5, 0.6) is 0 Å². The third-order valence-electron chi connectivity index (χ3n) is 3.81. The van der Waals surface area contributed by atoms with E-state index in [-0.39, 0.29) is 11.3 Å². The molecule has 1 saturated carbocycles. The lowest BCUT2D eigenvalue weighted by Crippen LogP contribution is -2.34. The summed E-state index contributed by atoms with van der Waals surface area (Å²) >= 11 is 0. The van der Waals surface area contributed by atoms with Crippen LogP contribution < -0.4 is 5.32 Å². The van der Waals surface area contributed by atoms with Crippen molar-refractivity contribution in [1.82, 2.24) is 0 Å². The zero-order chi connectivity index (χ0) is 15.7. The standard InChI is InChI=1S/C14H18F3NO2S/c1-21(19,20)13-4-2-3-12(9-13)18-11-7-5-10(6-8-11)14(15,16)17/h5-8,12-13,18H,2-4,9H2,1H3. The van der Waals surface area contributed by atoms with E-state index in [0.717, 1.165) is 25.0 Å². The third-order valence-corrected chi connectivity index (χ3v) is 5.45. The average Bonchev–Trinajstić information content (AvgIpc) is 2.37. The molecule has 2 unspecified atom stereocenters. The highest BCUT2D eigenvalue weighted by Gasteiger charge is 2.31. The van der Waals surface area contributed by atoms with Crippen molar-refractivity contribution in [2.24, 2.45) is 0 Å². The molecule has 1 aliphatic carbocycles. The molecule has 1 aromatic carbocycles. The van der Waals surface area contributed by atoms with E-state index in [1.807, 2.05) is 0 Å². The molecule has 0 saturated heterocycles. The van der Waals surface area contributed by atoms with E-state index in [1.165, 1.54) is 18.4 Å². The normalized spacial score (nSPS) is 23.8. The molecule has 7 heteroatoms. The van der Waals surface area contributed by atoms with Crippen molar-refractivity contribution in [3.05, 3.63) is 29.8 Å². The molecule has 0 aliphatic heterocycles. The quantitative estimate of drug-likeness (QED) is 0.927. The van der Waals surface area contributed by atoms with Gasteiger partial charge in [0.25, 0.3) is 0 Å². The number of sulfone groups is 1. The summed E-state index contributed by atoms with van der Waals surface area (Å²) in [6.45, 7) is 0. The fourth-order valence-electron chi connectivity index (χ4n) is 2.66. The zero-order valence-corrected chi connectivity index (χ0v) is 12.5. The summed E-state index contributed by atoms with van der Waals surface area (Å²) in [4.78, 5) is 0. The highest BCUT2D eigenvalue weighted by molar-refractivity contribution is 7.91. The molecule has 118 valence electrons. The predicted octanol–water partition coefficient (Wildman–Crippen LogP) is 3.47. The molecule has 3 nitrogen and oxygen atoms in total. The van der Waals surface area contributed by atoms with Crippen molar-refractivity contribution < 1.29 is 21.6 Å². The Bertz CT molecular complexity index is 581. The highest BCUT2D eigenvalue weighted by Crippen LogP contribution is 2.31. The van der Waals surface area contributed by atoms with Crippen LogP contribution in [0.4, 0.5) is 18.9 Å². The average molecular weight is 321 g/mol. The molecular formula is C14H18F3NO2S. The summed E-state index contributed by atoms with van der Waals surface area (Å²) < 4.78 is 60.6. The number of hydrogen-bond acceptors (Lipinski definition) is 3. The van der Waals surface area contributed by atoms with Gasteiger partial charge < -0.3 is 5.32 Å². The van der Waals surface area contributed by atoms with Gasteiger partial charge in [0.2, 0.25) is 0 Å². The Morgan fingerprint density at radius 2 is 1.76 bits per heavy atom. The van der Waals surface area contributed by atoms with Gasteiger partial charge in [-0.05, 0) is 43.5 Å². The SMILES string of the molecule is CS(=O)(=O)C1CCCC(Nc2ccc(C(F)(F)F)cc2)C1. The minimum atomic E-state index is -4.34. The van der Waals surface area contributed by atoms with Gasteiger partial charge >= 0.3 is 6.18 Å². The van der Waals surface area contributed by atoms with Crippen LogP contribution in [0.1, 0.15) is 31.2 Å². The van der Waals surface area contributed by atoms with Gasteiger partial charge in [-0.2, -0.15) is 13.2 Å². The number of alkyl halides is 3. The van der Waals surface area contributed by atoms with Gasteiger partial charge in [0.05, 0.1) is 10.8 Å². The lowest BCUT2D eigenvalue weighted by atomic mass is 9.94. The van der Waals surface area contributed by atoms with E-state index in [1.54, 1.807) is 0 Å². The summed E-state index contributed by atoms with van der Waals surface area (Å²) in [7, 11) is -3.07. The Kier molecular flexibility index (Phi) is 4.51. The second-order valence-electron chi connectivity index (χ2n) is 5.53. The first-order valence-electron chi connectivity index (χ1n) is 6.79.